The highest BCUT2D eigenvalue weighted by Gasteiger charge is 2.32. The second-order valence-corrected chi connectivity index (χ2v) is 25.4. The number of fused-ring (bicyclic) bond motifs is 15. The minimum atomic E-state index is -0.398. The minimum Gasteiger partial charge on any atom is -0.395 e. The maximum absolute atomic E-state index is 14.9. The Kier molecular flexibility index (Phi) is 15.7. The molecule has 0 unspecified atom stereocenters. The molecule has 95 heavy (non-hydrogen) atoms. The van der Waals surface area contributed by atoms with Gasteiger partial charge in [0.25, 0.3) is 17.7 Å². The van der Waals surface area contributed by atoms with E-state index in [9.17, 15) is 19.5 Å². The summed E-state index contributed by atoms with van der Waals surface area (Å²) in [7, 11) is 11.1. The number of carbonyl (C=O) groups excluding carboxylic acids is 3. The van der Waals surface area contributed by atoms with Gasteiger partial charge in [-0.15, -0.1) is 0 Å². The maximum Gasteiger partial charge on any atom is 0.256 e. The van der Waals surface area contributed by atoms with Crippen molar-refractivity contribution < 1.29 is 19.5 Å². The summed E-state index contributed by atoms with van der Waals surface area (Å²) in [6.45, 7) is 12.8. The molecule has 0 saturated carbocycles. The predicted octanol–water partition coefficient (Wildman–Crippen LogP) is 5.86. The highest BCUT2D eigenvalue weighted by Crippen LogP contribution is 2.41. The van der Waals surface area contributed by atoms with Crippen molar-refractivity contribution in [2.45, 2.75) is 45.3 Å². The van der Waals surface area contributed by atoms with Gasteiger partial charge in [-0.3, -0.25) is 27.6 Å². The van der Waals surface area contributed by atoms with E-state index in [0.717, 1.165) is 98.5 Å². The van der Waals surface area contributed by atoms with Gasteiger partial charge in [-0.2, -0.15) is 9.97 Å². The molecule has 0 bridgehead atoms. The highest BCUT2D eigenvalue weighted by atomic mass is 16.3. The van der Waals surface area contributed by atoms with E-state index < -0.39 is 5.91 Å². The molecule has 3 saturated heterocycles. The molecule has 0 radical (unpaired) electrons. The van der Waals surface area contributed by atoms with Crippen LogP contribution >= 0.6 is 0 Å². The average Bonchev–Trinajstić information content (AvgIpc) is 1.65. The van der Waals surface area contributed by atoms with E-state index >= 15 is 0 Å². The van der Waals surface area contributed by atoms with Crippen molar-refractivity contribution in [3.63, 3.8) is 0 Å². The van der Waals surface area contributed by atoms with Crippen molar-refractivity contribution in [2.75, 3.05) is 151 Å². The zero-order valence-corrected chi connectivity index (χ0v) is 54.6. The molecule has 488 valence electrons. The number of carbonyl (C=O) groups is 3. The fraction of sp³-hybridized carbons (Fsp3) is 0.368. The number of hydrogen-bond acceptors (Lipinski definition) is 21. The molecular weight excluding hydrogens is 1200 g/mol. The number of piperazine rings is 1. The first kappa shape index (κ1) is 60.9. The second kappa shape index (κ2) is 24.5. The van der Waals surface area contributed by atoms with E-state index in [1.165, 1.54) is 0 Å². The largest absolute Gasteiger partial charge is 0.395 e. The van der Waals surface area contributed by atoms with Gasteiger partial charge >= 0.3 is 0 Å². The molecule has 3 aliphatic rings. The van der Waals surface area contributed by atoms with Crippen LogP contribution in [0.2, 0.25) is 0 Å². The van der Waals surface area contributed by atoms with Gasteiger partial charge < -0.3 is 66.4 Å². The van der Waals surface area contributed by atoms with Crippen LogP contribution in [0.25, 0.3) is 83.1 Å². The zero-order valence-electron chi connectivity index (χ0n) is 54.6. The molecule has 0 spiro atoms. The number of nitrogens with one attached hydrogen (secondary N) is 6. The third-order valence-corrected chi connectivity index (χ3v) is 18.9. The highest BCUT2D eigenvalue weighted by molar-refractivity contribution is 6.17. The second-order valence-electron chi connectivity index (χ2n) is 25.4. The third-order valence-electron chi connectivity index (χ3n) is 18.9. The summed E-state index contributed by atoms with van der Waals surface area (Å²) in [5.41, 5.74) is 11.0. The number of aliphatic hydroxyl groups excluding tert-OH is 1. The number of amides is 3. The van der Waals surface area contributed by atoms with Crippen LogP contribution in [0, 0.1) is 0 Å². The summed E-state index contributed by atoms with van der Waals surface area (Å²) < 4.78 is 5.88. The van der Waals surface area contributed by atoms with Gasteiger partial charge in [-0.05, 0) is 114 Å². The van der Waals surface area contributed by atoms with Crippen molar-refractivity contribution in [2.24, 2.45) is 0 Å². The van der Waals surface area contributed by atoms with Crippen LogP contribution in [-0.4, -0.2) is 219 Å². The van der Waals surface area contributed by atoms with E-state index in [-0.39, 0.29) is 48.2 Å². The number of para-hydroxylation sites is 2. The molecule has 0 aliphatic carbocycles. The molecule has 7 N–H and O–H groups in total. The molecule has 12 heterocycles. The monoisotopic (exact) mass is 1280 g/mol. The van der Waals surface area contributed by atoms with E-state index in [1.54, 1.807) is 33.5 Å². The van der Waals surface area contributed by atoms with Crippen LogP contribution in [0.4, 0.5) is 40.5 Å². The van der Waals surface area contributed by atoms with E-state index in [2.05, 4.69) is 107 Å². The molecule has 27 nitrogen and oxygen atoms in total. The lowest BCUT2D eigenvalue weighted by molar-refractivity contribution is 0.0956. The topological polar surface area (TPSA) is 279 Å². The van der Waals surface area contributed by atoms with Crippen LogP contribution < -0.4 is 51.5 Å². The number of aromatic nitrogens is 11. The number of nitrogens with zero attached hydrogens (tertiary/aromatic N) is 17. The maximum atomic E-state index is 14.9. The number of hydrogen-bond donors (Lipinski definition) is 7. The van der Waals surface area contributed by atoms with Crippen LogP contribution in [0.5, 0.6) is 0 Å². The summed E-state index contributed by atoms with van der Waals surface area (Å²) >= 11 is 0. The van der Waals surface area contributed by atoms with Gasteiger partial charge in [-0.25, -0.2) is 29.9 Å². The molecular formula is C68H77N23O4. The number of aliphatic hydroxyl groups is 1. The van der Waals surface area contributed by atoms with Gasteiger partial charge in [-0.1, -0.05) is 18.2 Å². The SMILES string of the molecule is CNC(=O)c1c(NCCO)c2cnc(N3C[C@@H](C)N[C@@H](C)C3)nc2n2c1nc1ccc(Nc3c(C(=O)NC)c4nc5cc(CN(C)c6c(C(=O)NC)c7nc8ccccc8n7c7nc(N8CCCN(C)CC8)ccc67)ccc5n4c4nc(N5CCCN(C)CC5)ncc34)cc12. The molecule has 3 fully saturated rings. The number of benzene rings is 3. The van der Waals surface area contributed by atoms with Crippen molar-refractivity contribution >= 4 is 141 Å². The first-order valence-electron chi connectivity index (χ1n) is 32.6. The molecule has 3 aromatic carbocycles. The van der Waals surface area contributed by atoms with Crippen molar-refractivity contribution in [3.8, 4) is 0 Å². The van der Waals surface area contributed by atoms with Crippen molar-refractivity contribution in [1.29, 1.82) is 0 Å². The third kappa shape index (κ3) is 10.6. The molecule has 27 heteroatoms. The van der Waals surface area contributed by atoms with Crippen LogP contribution in [0.15, 0.2) is 85.2 Å². The summed E-state index contributed by atoms with van der Waals surface area (Å²) in [5.74, 6) is 0.882. The van der Waals surface area contributed by atoms with Crippen LogP contribution in [0.1, 0.15) is 63.3 Å². The van der Waals surface area contributed by atoms with E-state index in [1.807, 2.05) is 74.8 Å². The Hall–Kier alpha value is -10.4. The zero-order chi connectivity index (χ0) is 65.5. The average molecular weight is 1280 g/mol. The lowest BCUT2D eigenvalue weighted by Gasteiger charge is -2.36. The number of imidazole rings is 3. The molecule has 9 aromatic heterocycles. The van der Waals surface area contributed by atoms with Crippen LogP contribution in [0.3, 0.4) is 0 Å². The summed E-state index contributed by atoms with van der Waals surface area (Å²) in [6.07, 6.45) is 5.46. The Balaban J connectivity index is 0.892. The van der Waals surface area contributed by atoms with Crippen LogP contribution in [-0.2, 0) is 6.54 Å². The fourth-order valence-electron chi connectivity index (χ4n) is 14.4. The van der Waals surface area contributed by atoms with Gasteiger partial charge in [0.1, 0.15) is 22.5 Å². The fourth-order valence-corrected chi connectivity index (χ4v) is 14.4. The molecule has 15 rings (SSSR count). The Morgan fingerprint density at radius 2 is 1.13 bits per heavy atom. The molecule has 2 atom stereocenters. The van der Waals surface area contributed by atoms with Gasteiger partial charge in [0.15, 0.2) is 33.9 Å². The van der Waals surface area contributed by atoms with Gasteiger partial charge in [0, 0.05) is 129 Å². The summed E-state index contributed by atoms with van der Waals surface area (Å²) in [4.78, 5) is 98.8. The normalized spacial score (nSPS) is 17.1. The Bertz CT molecular complexity index is 5070. The number of likely N-dealkylation sites (N-methyl/N-ethyl adjacent to an activating group) is 2. The first-order chi connectivity index (χ1) is 46.2. The molecule has 3 aliphatic heterocycles. The lowest BCUT2D eigenvalue weighted by Crippen LogP contribution is -2.54. The molecule has 3 amide bonds. The standard InChI is InChI=1S/C68H77N23O4/c1-38-35-88(36-39(2)75-38)68-74-33-43-55(72-21-30-92)52(64(93)69-3)61-78-46-18-16-41(32-50(46)91(61)59(43)82-68)76-56-44-34-73-67(87-25-12-23-84(7)27-29-87)81-60(44)90-49-19-15-40(31-47(49)79-62(90)53(56)65(94)70-4)37-85(8)57-42-17-20-51(86-24-11-22-83(6)26-28-86)80-58(42)89-48-14-10-9-13-45(48)77-63(89)54(57)66(95)71-5/h9-10,13-20,31-34,38-39,72,75-76,92H,11-12,21-30,35-37H2,1-8H3,(H,69,93)(H,70,94)(H,71,95)/t38-,39+. The Morgan fingerprint density at radius 3 is 1.81 bits per heavy atom. The van der Waals surface area contributed by atoms with Crippen molar-refractivity contribution in [1.82, 2.24) is 84.1 Å². The smallest absolute Gasteiger partial charge is 0.256 e. The summed E-state index contributed by atoms with van der Waals surface area (Å²) in [5, 5.41) is 31.3. The Labute approximate surface area is 546 Å². The minimum absolute atomic E-state index is 0.160. The summed E-state index contributed by atoms with van der Waals surface area (Å²) in [6, 6.07) is 24.3. The Morgan fingerprint density at radius 1 is 0.558 bits per heavy atom. The van der Waals surface area contributed by atoms with Gasteiger partial charge in [0.05, 0.1) is 67.5 Å². The molecule has 12 aromatic rings. The van der Waals surface area contributed by atoms with E-state index in [4.69, 9.17) is 39.9 Å². The van der Waals surface area contributed by atoms with Gasteiger partial charge in [0.2, 0.25) is 11.9 Å². The van der Waals surface area contributed by atoms with Crippen molar-refractivity contribution in [3.05, 3.63) is 107 Å². The lowest BCUT2D eigenvalue weighted by atomic mass is 10.1. The first-order valence-corrected chi connectivity index (χ1v) is 32.6. The number of pyridine rings is 4. The van der Waals surface area contributed by atoms with E-state index in [0.29, 0.717) is 121 Å². The number of rotatable bonds is 14. The predicted molar refractivity (Wildman–Crippen MR) is 374 cm³/mol. The number of anilines is 7. The quantitative estimate of drug-likeness (QED) is 0.0672.